The van der Waals surface area contributed by atoms with Crippen molar-refractivity contribution in [3.63, 3.8) is 0 Å². The van der Waals surface area contributed by atoms with Crippen molar-refractivity contribution >= 4 is 55.2 Å². The molecule has 78 valence electrons. The first-order valence-electron chi connectivity index (χ1n) is 4.06. The summed E-state index contributed by atoms with van der Waals surface area (Å²) in [6, 6.07) is 5.78. The summed E-state index contributed by atoms with van der Waals surface area (Å²) in [5.41, 5.74) is 0.905. The second-order valence-corrected chi connectivity index (χ2v) is 5.83. The van der Waals surface area contributed by atoms with Gasteiger partial charge in [-0.3, -0.25) is 4.79 Å². The van der Waals surface area contributed by atoms with Gasteiger partial charge in [-0.25, -0.2) is 4.98 Å². The first-order valence-corrected chi connectivity index (χ1v) is 6.66. The highest BCUT2D eigenvalue weighted by Crippen LogP contribution is 2.33. The molecule has 0 bridgehead atoms. The lowest BCUT2D eigenvalue weighted by Gasteiger charge is -1.88. The van der Waals surface area contributed by atoms with Crippen LogP contribution in [-0.2, 0) is 4.79 Å². The monoisotopic (exact) mass is 303 g/mol. The van der Waals surface area contributed by atoms with E-state index < -0.39 is 5.97 Å². The molecule has 3 nitrogen and oxygen atoms in total. The first kappa shape index (κ1) is 10.9. The molecule has 1 aromatic heterocycles. The van der Waals surface area contributed by atoms with Crippen molar-refractivity contribution in [3.8, 4) is 0 Å². The minimum Gasteiger partial charge on any atom is -0.481 e. The summed E-state index contributed by atoms with van der Waals surface area (Å²) < 4.78 is 2.85. The number of aliphatic carboxylic acids is 1. The molecule has 2 aromatic rings. The molecule has 0 saturated carbocycles. The smallest absolute Gasteiger partial charge is 0.313 e. The Morgan fingerprint density at radius 1 is 1.60 bits per heavy atom. The average Bonchev–Trinajstić information content (AvgIpc) is 2.59. The number of hydrogen-bond acceptors (Lipinski definition) is 4. The van der Waals surface area contributed by atoms with Crippen LogP contribution in [0.3, 0.4) is 0 Å². The Kier molecular flexibility index (Phi) is 3.28. The Bertz CT molecular complexity index is 512. The van der Waals surface area contributed by atoms with Gasteiger partial charge in [0.2, 0.25) is 0 Å². The Balaban J connectivity index is 2.31. The fourth-order valence-corrected chi connectivity index (χ4v) is 3.45. The number of thiazole rings is 1. The zero-order valence-corrected chi connectivity index (χ0v) is 10.7. The maximum absolute atomic E-state index is 10.4. The van der Waals surface area contributed by atoms with E-state index in [1.54, 1.807) is 0 Å². The molecule has 1 aromatic carbocycles. The van der Waals surface area contributed by atoms with Crippen LogP contribution in [0.1, 0.15) is 0 Å². The molecule has 1 heterocycles. The van der Waals surface area contributed by atoms with Gasteiger partial charge in [-0.2, -0.15) is 0 Å². The molecule has 15 heavy (non-hydrogen) atoms. The number of hydrogen-bond donors (Lipinski definition) is 1. The largest absolute Gasteiger partial charge is 0.481 e. The van der Waals surface area contributed by atoms with Crippen LogP contribution in [0.25, 0.3) is 10.2 Å². The normalized spacial score (nSPS) is 10.7. The first-order chi connectivity index (χ1) is 7.16. The minimum atomic E-state index is -0.821. The quantitative estimate of drug-likeness (QED) is 0.885. The zero-order valence-electron chi connectivity index (χ0n) is 7.44. The fraction of sp³-hybridized carbons (Fsp3) is 0.111. The van der Waals surface area contributed by atoms with E-state index in [1.807, 2.05) is 18.2 Å². The molecule has 0 amide bonds. The van der Waals surface area contributed by atoms with E-state index in [-0.39, 0.29) is 5.75 Å². The standard InChI is InChI=1S/C9H6BrNO2S2/c10-5-2-1-3-6-8(5)15-9(11-6)14-4-7(12)13/h1-3H,4H2,(H,12,13). The Morgan fingerprint density at radius 3 is 3.07 bits per heavy atom. The lowest BCUT2D eigenvalue weighted by Crippen LogP contribution is -1.96. The number of carbonyl (C=O) groups is 1. The molecule has 0 aliphatic rings. The number of aromatic nitrogens is 1. The van der Waals surface area contributed by atoms with Crippen molar-refractivity contribution in [3.05, 3.63) is 22.7 Å². The van der Waals surface area contributed by atoms with E-state index in [0.29, 0.717) is 0 Å². The van der Waals surface area contributed by atoms with Crippen molar-refractivity contribution in [2.24, 2.45) is 0 Å². The molecule has 0 aliphatic carbocycles. The number of carboxylic acids is 1. The highest BCUT2D eigenvalue weighted by molar-refractivity contribution is 9.10. The molecule has 0 aliphatic heterocycles. The molecule has 0 fully saturated rings. The van der Waals surface area contributed by atoms with Gasteiger partial charge in [0.25, 0.3) is 0 Å². The summed E-state index contributed by atoms with van der Waals surface area (Å²) in [7, 11) is 0. The van der Waals surface area contributed by atoms with Crippen molar-refractivity contribution in [2.75, 3.05) is 5.75 Å². The number of thioether (sulfide) groups is 1. The molecule has 1 N–H and O–H groups in total. The number of carboxylic acid groups (broad SMARTS) is 1. The van der Waals surface area contributed by atoms with E-state index in [0.717, 1.165) is 19.0 Å². The van der Waals surface area contributed by atoms with Crippen LogP contribution in [0.2, 0.25) is 0 Å². The molecular formula is C9H6BrNO2S2. The lowest BCUT2D eigenvalue weighted by molar-refractivity contribution is -0.133. The van der Waals surface area contributed by atoms with E-state index in [4.69, 9.17) is 5.11 Å². The summed E-state index contributed by atoms with van der Waals surface area (Å²) in [6.45, 7) is 0. The summed E-state index contributed by atoms with van der Waals surface area (Å²) in [6.07, 6.45) is 0. The molecule has 0 atom stereocenters. The Hall–Kier alpha value is -0.590. The van der Waals surface area contributed by atoms with Gasteiger partial charge in [-0.15, -0.1) is 11.3 Å². The van der Waals surface area contributed by atoms with Gasteiger partial charge in [0, 0.05) is 4.47 Å². The van der Waals surface area contributed by atoms with Crippen LogP contribution >= 0.6 is 39.0 Å². The highest BCUT2D eigenvalue weighted by Gasteiger charge is 2.08. The van der Waals surface area contributed by atoms with Gasteiger partial charge in [0.05, 0.1) is 16.0 Å². The van der Waals surface area contributed by atoms with E-state index >= 15 is 0 Å². The van der Waals surface area contributed by atoms with Crippen LogP contribution in [-0.4, -0.2) is 21.8 Å². The second-order valence-electron chi connectivity index (χ2n) is 2.75. The molecule has 2 rings (SSSR count). The Morgan fingerprint density at radius 2 is 2.40 bits per heavy atom. The average molecular weight is 304 g/mol. The Labute approximate surface area is 103 Å². The lowest BCUT2D eigenvalue weighted by atomic mass is 10.3. The second kappa shape index (κ2) is 4.51. The van der Waals surface area contributed by atoms with Crippen LogP contribution in [0.4, 0.5) is 0 Å². The topological polar surface area (TPSA) is 50.2 Å². The SMILES string of the molecule is O=C(O)CSc1nc2cccc(Br)c2s1. The van der Waals surface area contributed by atoms with Gasteiger partial charge in [-0.05, 0) is 28.1 Å². The third-order valence-corrected chi connectivity index (χ3v) is 4.82. The molecule has 0 spiro atoms. The number of nitrogens with zero attached hydrogens (tertiary/aromatic N) is 1. The summed E-state index contributed by atoms with van der Waals surface area (Å²) in [5.74, 6) is -0.768. The van der Waals surface area contributed by atoms with Crippen LogP contribution in [0, 0.1) is 0 Å². The maximum atomic E-state index is 10.4. The predicted molar refractivity (Wildman–Crippen MR) is 65.7 cm³/mol. The van der Waals surface area contributed by atoms with E-state index in [1.165, 1.54) is 23.1 Å². The molecule has 0 unspecified atom stereocenters. The van der Waals surface area contributed by atoms with E-state index in [2.05, 4.69) is 20.9 Å². The highest BCUT2D eigenvalue weighted by atomic mass is 79.9. The van der Waals surface area contributed by atoms with Gasteiger partial charge < -0.3 is 5.11 Å². The van der Waals surface area contributed by atoms with Gasteiger partial charge in [0.15, 0.2) is 4.34 Å². The molecule has 0 saturated heterocycles. The number of fused-ring (bicyclic) bond motifs is 1. The minimum absolute atomic E-state index is 0.0530. The van der Waals surface area contributed by atoms with Crippen molar-refractivity contribution < 1.29 is 9.90 Å². The number of rotatable bonds is 3. The summed E-state index contributed by atoms with van der Waals surface area (Å²) >= 11 is 6.19. The third-order valence-electron chi connectivity index (χ3n) is 1.67. The molecular weight excluding hydrogens is 298 g/mol. The fourth-order valence-electron chi connectivity index (χ4n) is 1.08. The van der Waals surface area contributed by atoms with Crippen LogP contribution < -0.4 is 0 Å². The van der Waals surface area contributed by atoms with Crippen LogP contribution in [0.5, 0.6) is 0 Å². The number of benzene rings is 1. The van der Waals surface area contributed by atoms with Crippen molar-refractivity contribution in [1.29, 1.82) is 0 Å². The van der Waals surface area contributed by atoms with Crippen molar-refractivity contribution in [2.45, 2.75) is 4.34 Å². The van der Waals surface area contributed by atoms with Crippen LogP contribution in [0.15, 0.2) is 27.0 Å². The van der Waals surface area contributed by atoms with Gasteiger partial charge >= 0.3 is 5.97 Å². The van der Waals surface area contributed by atoms with E-state index in [9.17, 15) is 4.79 Å². The van der Waals surface area contributed by atoms with Gasteiger partial charge in [0.1, 0.15) is 0 Å². The van der Waals surface area contributed by atoms with Gasteiger partial charge in [-0.1, -0.05) is 17.8 Å². The molecule has 0 radical (unpaired) electrons. The predicted octanol–water partition coefficient (Wildman–Crippen LogP) is 3.24. The third kappa shape index (κ3) is 2.50. The van der Waals surface area contributed by atoms with Crippen molar-refractivity contribution in [1.82, 2.24) is 4.98 Å². The zero-order chi connectivity index (χ0) is 10.8. The maximum Gasteiger partial charge on any atom is 0.313 e. The molecule has 6 heteroatoms. The number of halogens is 1. The summed E-state index contributed by atoms with van der Waals surface area (Å²) in [4.78, 5) is 14.7. The summed E-state index contributed by atoms with van der Waals surface area (Å²) in [5, 5.41) is 8.55.